The first-order valence-corrected chi connectivity index (χ1v) is 8.16. The number of fused-ring (bicyclic) bond motifs is 1. The van der Waals surface area contributed by atoms with Gasteiger partial charge in [-0.2, -0.15) is 0 Å². The quantitative estimate of drug-likeness (QED) is 0.646. The van der Waals surface area contributed by atoms with Crippen molar-refractivity contribution in [3.8, 4) is 0 Å². The van der Waals surface area contributed by atoms with Crippen LogP contribution in [0.2, 0.25) is 0 Å². The van der Waals surface area contributed by atoms with Crippen molar-refractivity contribution in [2.75, 3.05) is 0 Å². The van der Waals surface area contributed by atoms with Gasteiger partial charge in [-0.25, -0.2) is 9.78 Å². The SMILES string of the molecule is Cc1cccc(C(=O)OCc2cc(=O)n3cc(Br)ccc3n2)c1C. The number of esters is 1. The van der Waals surface area contributed by atoms with Gasteiger partial charge in [-0.15, -0.1) is 0 Å². The molecule has 0 saturated carbocycles. The average Bonchev–Trinajstić information content (AvgIpc) is 2.56. The van der Waals surface area contributed by atoms with Crippen LogP contribution in [-0.2, 0) is 11.3 Å². The number of rotatable bonds is 3. The van der Waals surface area contributed by atoms with Crippen LogP contribution in [0.25, 0.3) is 5.65 Å². The summed E-state index contributed by atoms with van der Waals surface area (Å²) in [5.41, 5.74) is 3.14. The Bertz CT molecular complexity index is 995. The van der Waals surface area contributed by atoms with Crippen LogP contribution in [0.1, 0.15) is 27.2 Å². The van der Waals surface area contributed by atoms with Crippen LogP contribution >= 0.6 is 15.9 Å². The van der Waals surface area contributed by atoms with Crippen LogP contribution in [0, 0.1) is 13.8 Å². The number of hydrogen-bond donors (Lipinski definition) is 0. The Morgan fingerprint density at radius 3 is 2.83 bits per heavy atom. The molecule has 2 aromatic heterocycles. The lowest BCUT2D eigenvalue weighted by atomic mass is 10.0. The number of carbonyl (C=O) groups excluding carboxylic acids is 1. The minimum Gasteiger partial charge on any atom is -0.456 e. The monoisotopic (exact) mass is 386 g/mol. The maximum atomic E-state index is 12.2. The van der Waals surface area contributed by atoms with E-state index in [-0.39, 0.29) is 12.2 Å². The third-order valence-corrected chi connectivity index (χ3v) is 4.32. The van der Waals surface area contributed by atoms with Gasteiger partial charge in [-0.05, 0) is 59.1 Å². The van der Waals surface area contributed by atoms with E-state index in [1.807, 2.05) is 26.0 Å². The summed E-state index contributed by atoms with van der Waals surface area (Å²) >= 11 is 3.32. The molecular formula is C18H15BrN2O3. The number of aryl methyl sites for hydroxylation is 1. The van der Waals surface area contributed by atoms with Gasteiger partial charge < -0.3 is 4.74 Å². The van der Waals surface area contributed by atoms with Gasteiger partial charge in [0.25, 0.3) is 5.56 Å². The van der Waals surface area contributed by atoms with E-state index in [9.17, 15) is 9.59 Å². The standard InChI is InChI=1S/C18H15BrN2O3/c1-11-4-3-5-15(12(11)2)18(23)24-10-14-8-17(22)21-9-13(19)6-7-16(21)20-14/h3-9H,10H2,1-2H3. The van der Waals surface area contributed by atoms with Crippen LogP contribution < -0.4 is 5.56 Å². The number of ether oxygens (including phenoxy) is 1. The molecule has 0 atom stereocenters. The average molecular weight is 387 g/mol. The fourth-order valence-electron chi connectivity index (χ4n) is 2.39. The maximum Gasteiger partial charge on any atom is 0.338 e. The molecule has 3 rings (SSSR count). The summed E-state index contributed by atoms with van der Waals surface area (Å²) in [6.07, 6.45) is 1.65. The van der Waals surface area contributed by atoms with Gasteiger partial charge in [0.2, 0.25) is 0 Å². The molecule has 3 aromatic rings. The van der Waals surface area contributed by atoms with E-state index >= 15 is 0 Å². The molecule has 0 spiro atoms. The molecule has 0 amide bonds. The molecule has 122 valence electrons. The largest absolute Gasteiger partial charge is 0.456 e. The second-order valence-corrected chi connectivity index (χ2v) is 6.40. The van der Waals surface area contributed by atoms with Crippen molar-refractivity contribution in [3.63, 3.8) is 0 Å². The van der Waals surface area contributed by atoms with E-state index in [0.29, 0.717) is 16.9 Å². The Hall–Kier alpha value is -2.47. The molecule has 0 bridgehead atoms. The Balaban J connectivity index is 1.83. The van der Waals surface area contributed by atoms with Crippen molar-refractivity contribution in [1.82, 2.24) is 9.38 Å². The fraction of sp³-hybridized carbons (Fsp3) is 0.167. The number of nitrogens with zero attached hydrogens (tertiary/aromatic N) is 2. The molecular weight excluding hydrogens is 372 g/mol. The lowest BCUT2D eigenvalue weighted by Gasteiger charge is -2.09. The minimum atomic E-state index is -0.422. The van der Waals surface area contributed by atoms with E-state index in [0.717, 1.165) is 15.6 Å². The first-order chi connectivity index (χ1) is 11.5. The molecule has 0 aliphatic rings. The van der Waals surface area contributed by atoms with Gasteiger partial charge in [0.15, 0.2) is 0 Å². The number of aromatic nitrogens is 2. The number of benzene rings is 1. The van der Waals surface area contributed by atoms with Crippen LogP contribution in [0.5, 0.6) is 0 Å². The second-order valence-electron chi connectivity index (χ2n) is 5.48. The molecule has 0 aliphatic heterocycles. The Kier molecular flexibility index (Phi) is 4.49. The summed E-state index contributed by atoms with van der Waals surface area (Å²) in [4.78, 5) is 28.7. The highest BCUT2D eigenvalue weighted by Gasteiger charge is 2.12. The molecule has 0 aliphatic carbocycles. The first kappa shape index (κ1) is 16.4. The maximum absolute atomic E-state index is 12.2. The van der Waals surface area contributed by atoms with Crippen LogP contribution in [-0.4, -0.2) is 15.4 Å². The molecule has 6 heteroatoms. The van der Waals surface area contributed by atoms with Gasteiger partial charge in [-0.3, -0.25) is 9.20 Å². The lowest BCUT2D eigenvalue weighted by Crippen LogP contribution is -2.17. The second kappa shape index (κ2) is 6.57. The molecule has 1 aromatic carbocycles. The van der Waals surface area contributed by atoms with E-state index in [1.54, 1.807) is 24.4 Å². The van der Waals surface area contributed by atoms with Gasteiger partial charge in [0.05, 0.1) is 11.3 Å². The minimum absolute atomic E-state index is 0.0476. The predicted octanol–water partition coefficient (Wildman–Crippen LogP) is 3.43. The summed E-state index contributed by atoms with van der Waals surface area (Å²) in [6, 6.07) is 10.4. The van der Waals surface area contributed by atoms with Crippen molar-refractivity contribution in [2.45, 2.75) is 20.5 Å². The van der Waals surface area contributed by atoms with E-state index in [1.165, 1.54) is 10.5 Å². The number of pyridine rings is 1. The zero-order valence-corrected chi connectivity index (χ0v) is 14.8. The number of hydrogen-bond acceptors (Lipinski definition) is 4. The fourth-order valence-corrected chi connectivity index (χ4v) is 2.73. The van der Waals surface area contributed by atoms with E-state index in [2.05, 4.69) is 20.9 Å². The highest BCUT2D eigenvalue weighted by molar-refractivity contribution is 9.10. The first-order valence-electron chi connectivity index (χ1n) is 7.37. The van der Waals surface area contributed by atoms with Crippen molar-refractivity contribution >= 4 is 27.5 Å². The molecule has 0 N–H and O–H groups in total. The summed E-state index contributed by atoms with van der Waals surface area (Å²) in [5, 5.41) is 0. The summed E-state index contributed by atoms with van der Waals surface area (Å²) in [6.45, 7) is 3.77. The van der Waals surface area contributed by atoms with E-state index < -0.39 is 5.97 Å². The van der Waals surface area contributed by atoms with Gasteiger partial charge in [-0.1, -0.05) is 12.1 Å². The molecule has 0 fully saturated rings. The van der Waals surface area contributed by atoms with Crippen molar-refractivity contribution in [2.24, 2.45) is 0 Å². The molecule has 0 radical (unpaired) electrons. The Morgan fingerprint density at radius 2 is 2.04 bits per heavy atom. The molecule has 0 unspecified atom stereocenters. The molecule has 0 saturated heterocycles. The predicted molar refractivity (Wildman–Crippen MR) is 94.2 cm³/mol. The molecule has 24 heavy (non-hydrogen) atoms. The zero-order chi connectivity index (χ0) is 17.3. The highest BCUT2D eigenvalue weighted by Crippen LogP contribution is 2.15. The van der Waals surface area contributed by atoms with Crippen LogP contribution in [0.4, 0.5) is 0 Å². The van der Waals surface area contributed by atoms with Gasteiger partial charge >= 0.3 is 5.97 Å². The zero-order valence-electron chi connectivity index (χ0n) is 13.2. The normalized spacial score (nSPS) is 10.8. The van der Waals surface area contributed by atoms with Crippen LogP contribution in [0.3, 0.4) is 0 Å². The third kappa shape index (κ3) is 3.23. The summed E-state index contributed by atoms with van der Waals surface area (Å²) in [7, 11) is 0. The Morgan fingerprint density at radius 1 is 1.25 bits per heavy atom. The number of carbonyl (C=O) groups is 1. The smallest absolute Gasteiger partial charge is 0.338 e. The van der Waals surface area contributed by atoms with Gasteiger partial charge in [0.1, 0.15) is 12.3 Å². The van der Waals surface area contributed by atoms with Gasteiger partial charge in [0, 0.05) is 16.7 Å². The van der Waals surface area contributed by atoms with Crippen molar-refractivity contribution in [3.05, 3.63) is 79.8 Å². The number of halogens is 1. The molecule has 2 heterocycles. The highest BCUT2D eigenvalue weighted by atomic mass is 79.9. The van der Waals surface area contributed by atoms with Crippen LogP contribution in [0.15, 0.2) is 51.9 Å². The lowest BCUT2D eigenvalue weighted by molar-refractivity contribution is 0.0466. The van der Waals surface area contributed by atoms with Crippen molar-refractivity contribution in [1.29, 1.82) is 0 Å². The van der Waals surface area contributed by atoms with Crippen molar-refractivity contribution < 1.29 is 9.53 Å². The summed E-state index contributed by atoms with van der Waals surface area (Å²) < 4.78 is 7.53. The summed E-state index contributed by atoms with van der Waals surface area (Å²) in [5.74, 6) is -0.422. The third-order valence-electron chi connectivity index (χ3n) is 3.85. The topological polar surface area (TPSA) is 60.7 Å². The molecule has 5 nitrogen and oxygen atoms in total. The Labute approximate surface area is 147 Å². The van der Waals surface area contributed by atoms with E-state index in [4.69, 9.17) is 4.74 Å².